The van der Waals surface area contributed by atoms with E-state index < -0.39 is 18.0 Å². The van der Waals surface area contributed by atoms with Gasteiger partial charge >= 0.3 is 0 Å². The SMILES string of the molecule is CC.O=CNCC(=O)NC(Cc1cccc(O)c1)C(=O)N1CCCC(C=O)N1. The first-order chi connectivity index (χ1) is 13.5. The summed E-state index contributed by atoms with van der Waals surface area (Å²) < 4.78 is 0. The van der Waals surface area contributed by atoms with Gasteiger partial charge in [0.05, 0.1) is 12.6 Å². The molecule has 9 nitrogen and oxygen atoms in total. The Morgan fingerprint density at radius 3 is 2.75 bits per heavy atom. The molecule has 1 aliphatic heterocycles. The summed E-state index contributed by atoms with van der Waals surface area (Å²) >= 11 is 0. The summed E-state index contributed by atoms with van der Waals surface area (Å²) in [5.74, 6) is -0.848. The zero-order valence-corrected chi connectivity index (χ0v) is 16.2. The van der Waals surface area contributed by atoms with E-state index >= 15 is 0 Å². The number of hydrogen-bond donors (Lipinski definition) is 4. The van der Waals surface area contributed by atoms with Crippen LogP contribution < -0.4 is 16.1 Å². The maximum absolute atomic E-state index is 12.8. The van der Waals surface area contributed by atoms with Gasteiger partial charge in [-0.25, -0.2) is 5.43 Å². The molecule has 1 aromatic carbocycles. The Balaban J connectivity index is 0.00000190. The fraction of sp³-hybridized carbons (Fsp3) is 0.474. The molecule has 0 aromatic heterocycles. The number of aromatic hydroxyl groups is 1. The minimum absolute atomic E-state index is 0.0553. The second kappa shape index (κ2) is 12.4. The van der Waals surface area contributed by atoms with Gasteiger partial charge in [0, 0.05) is 13.0 Å². The number of nitrogens with zero attached hydrogens (tertiary/aromatic N) is 1. The van der Waals surface area contributed by atoms with Gasteiger partial charge in [-0.15, -0.1) is 0 Å². The van der Waals surface area contributed by atoms with Crippen molar-refractivity contribution in [3.63, 3.8) is 0 Å². The molecule has 0 spiro atoms. The third kappa shape index (κ3) is 7.36. The molecule has 9 heteroatoms. The average molecular weight is 392 g/mol. The molecule has 0 aliphatic carbocycles. The van der Waals surface area contributed by atoms with Crippen LogP contribution in [0.3, 0.4) is 0 Å². The molecule has 1 aromatic rings. The number of phenolic OH excluding ortho intramolecular Hbond substituents is 1. The smallest absolute Gasteiger partial charge is 0.259 e. The predicted molar refractivity (Wildman–Crippen MR) is 103 cm³/mol. The van der Waals surface area contributed by atoms with Crippen molar-refractivity contribution in [3.05, 3.63) is 29.8 Å². The molecule has 1 heterocycles. The van der Waals surface area contributed by atoms with Crippen molar-refractivity contribution in [1.82, 2.24) is 21.1 Å². The van der Waals surface area contributed by atoms with Gasteiger partial charge in [0.1, 0.15) is 18.1 Å². The molecule has 0 radical (unpaired) electrons. The van der Waals surface area contributed by atoms with Gasteiger partial charge in [0.15, 0.2) is 0 Å². The van der Waals surface area contributed by atoms with Crippen molar-refractivity contribution < 1.29 is 24.3 Å². The van der Waals surface area contributed by atoms with Crippen molar-refractivity contribution >= 4 is 24.5 Å². The first-order valence-electron chi connectivity index (χ1n) is 9.30. The third-order valence-corrected chi connectivity index (χ3v) is 3.98. The molecular weight excluding hydrogens is 364 g/mol. The normalized spacial score (nSPS) is 16.8. The maximum Gasteiger partial charge on any atom is 0.259 e. The summed E-state index contributed by atoms with van der Waals surface area (Å²) in [6.45, 7) is 4.17. The summed E-state index contributed by atoms with van der Waals surface area (Å²) in [6, 6.07) is 5.04. The lowest BCUT2D eigenvalue weighted by atomic mass is 10.0. The Morgan fingerprint density at radius 1 is 1.36 bits per heavy atom. The number of rotatable bonds is 8. The fourth-order valence-electron chi connectivity index (χ4n) is 2.76. The second-order valence-electron chi connectivity index (χ2n) is 6.00. The van der Waals surface area contributed by atoms with Crippen LogP contribution in [0.15, 0.2) is 24.3 Å². The highest BCUT2D eigenvalue weighted by molar-refractivity contribution is 5.89. The Hall–Kier alpha value is -2.94. The number of phenols is 1. The van der Waals surface area contributed by atoms with E-state index in [4.69, 9.17) is 0 Å². The summed E-state index contributed by atoms with van der Waals surface area (Å²) in [7, 11) is 0. The van der Waals surface area contributed by atoms with E-state index in [0.29, 0.717) is 31.4 Å². The number of carbonyl (C=O) groups is 4. The largest absolute Gasteiger partial charge is 0.508 e. The highest BCUT2D eigenvalue weighted by Gasteiger charge is 2.29. The van der Waals surface area contributed by atoms with Crippen molar-refractivity contribution in [2.24, 2.45) is 0 Å². The van der Waals surface area contributed by atoms with Gasteiger partial charge < -0.3 is 20.5 Å². The topological polar surface area (TPSA) is 128 Å². The van der Waals surface area contributed by atoms with Gasteiger partial charge in [0.25, 0.3) is 5.91 Å². The number of nitrogens with one attached hydrogen (secondary N) is 3. The molecule has 3 amide bonds. The number of carbonyl (C=O) groups excluding carboxylic acids is 4. The van der Waals surface area contributed by atoms with Crippen LogP contribution in [0.25, 0.3) is 0 Å². The minimum atomic E-state index is -0.907. The lowest BCUT2D eigenvalue weighted by molar-refractivity contribution is -0.141. The van der Waals surface area contributed by atoms with Crippen molar-refractivity contribution in [2.75, 3.05) is 13.1 Å². The Labute approximate surface area is 164 Å². The standard InChI is InChI=1S/C17H22N4O5.C2H6/c22-10-13-4-2-6-21(20-13)17(26)15(19-16(25)9-18-11-23)8-12-3-1-5-14(24)7-12;1-2/h1,3,5,7,10-11,13,15,20,24H,2,4,6,8-9H2,(H,18,23)(H,19,25);1-2H3. The van der Waals surface area contributed by atoms with Crippen LogP contribution in [-0.2, 0) is 25.6 Å². The van der Waals surface area contributed by atoms with Crippen LogP contribution in [0.4, 0.5) is 0 Å². The summed E-state index contributed by atoms with van der Waals surface area (Å²) in [6.07, 6.45) is 2.61. The Bertz CT molecular complexity index is 667. The quantitative estimate of drug-likeness (QED) is 0.457. The predicted octanol–water partition coefficient (Wildman–Crippen LogP) is -0.114. The molecule has 154 valence electrons. The van der Waals surface area contributed by atoms with Crippen LogP contribution in [0.5, 0.6) is 5.75 Å². The van der Waals surface area contributed by atoms with Crippen LogP contribution in [0, 0.1) is 0 Å². The highest BCUT2D eigenvalue weighted by Crippen LogP contribution is 2.14. The van der Waals surface area contributed by atoms with Gasteiger partial charge in [-0.05, 0) is 30.5 Å². The van der Waals surface area contributed by atoms with E-state index in [0.717, 1.165) is 6.29 Å². The van der Waals surface area contributed by atoms with E-state index in [9.17, 15) is 24.3 Å². The van der Waals surface area contributed by atoms with Gasteiger partial charge in [-0.1, -0.05) is 26.0 Å². The molecule has 2 rings (SSSR count). The number of aldehydes is 1. The lowest BCUT2D eigenvalue weighted by Gasteiger charge is -2.34. The number of hydrazine groups is 1. The second-order valence-corrected chi connectivity index (χ2v) is 6.00. The maximum atomic E-state index is 12.8. The first kappa shape index (κ1) is 23.1. The van der Waals surface area contributed by atoms with E-state index in [-0.39, 0.29) is 24.6 Å². The van der Waals surface area contributed by atoms with Crippen LogP contribution >= 0.6 is 0 Å². The van der Waals surface area contributed by atoms with Gasteiger partial charge in [-0.3, -0.25) is 19.4 Å². The molecule has 28 heavy (non-hydrogen) atoms. The minimum Gasteiger partial charge on any atom is -0.508 e. The van der Waals surface area contributed by atoms with Crippen LogP contribution in [-0.4, -0.2) is 59.8 Å². The first-order valence-corrected chi connectivity index (χ1v) is 9.30. The zero-order valence-electron chi connectivity index (χ0n) is 16.2. The van der Waals surface area contributed by atoms with Crippen LogP contribution in [0.1, 0.15) is 32.3 Å². The Morgan fingerprint density at radius 2 is 2.11 bits per heavy atom. The number of amides is 3. The summed E-state index contributed by atoms with van der Waals surface area (Å²) in [5.41, 5.74) is 3.50. The third-order valence-electron chi connectivity index (χ3n) is 3.98. The van der Waals surface area contributed by atoms with E-state index in [2.05, 4.69) is 16.1 Å². The molecule has 2 unspecified atom stereocenters. The Kier molecular flexibility index (Phi) is 10.3. The molecule has 1 fully saturated rings. The van der Waals surface area contributed by atoms with Gasteiger partial charge in [0.2, 0.25) is 12.3 Å². The molecule has 2 atom stereocenters. The lowest BCUT2D eigenvalue weighted by Crippen LogP contribution is -2.59. The molecule has 0 bridgehead atoms. The van der Waals surface area contributed by atoms with E-state index in [1.807, 2.05) is 13.8 Å². The molecule has 1 aliphatic rings. The molecule has 0 saturated carbocycles. The average Bonchev–Trinajstić information content (AvgIpc) is 2.72. The van der Waals surface area contributed by atoms with Crippen molar-refractivity contribution in [3.8, 4) is 5.75 Å². The monoisotopic (exact) mass is 392 g/mol. The van der Waals surface area contributed by atoms with E-state index in [1.54, 1.807) is 12.1 Å². The molecule has 4 N–H and O–H groups in total. The molecule has 1 saturated heterocycles. The zero-order chi connectivity index (χ0) is 20.9. The van der Waals surface area contributed by atoms with Crippen molar-refractivity contribution in [2.45, 2.75) is 45.2 Å². The fourth-order valence-corrected chi connectivity index (χ4v) is 2.76. The van der Waals surface area contributed by atoms with Crippen molar-refractivity contribution in [1.29, 1.82) is 0 Å². The summed E-state index contributed by atoms with van der Waals surface area (Å²) in [4.78, 5) is 46.1. The molecular formula is C19H28N4O5. The summed E-state index contributed by atoms with van der Waals surface area (Å²) in [5, 5.41) is 15.8. The number of benzene rings is 1. The van der Waals surface area contributed by atoms with Gasteiger partial charge in [-0.2, -0.15) is 0 Å². The highest BCUT2D eigenvalue weighted by atomic mass is 16.3. The van der Waals surface area contributed by atoms with Crippen LogP contribution in [0.2, 0.25) is 0 Å². The number of hydrogen-bond acceptors (Lipinski definition) is 6. The van der Waals surface area contributed by atoms with E-state index in [1.165, 1.54) is 17.1 Å².